The molecule has 5 nitrogen and oxygen atoms in total. The van der Waals surface area contributed by atoms with Crippen molar-refractivity contribution in [2.45, 2.75) is 38.8 Å². The van der Waals surface area contributed by atoms with Crippen molar-refractivity contribution in [3.05, 3.63) is 39.6 Å². The van der Waals surface area contributed by atoms with Crippen molar-refractivity contribution < 1.29 is 9.13 Å². The van der Waals surface area contributed by atoms with Crippen LogP contribution in [0.5, 0.6) is 0 Å². The maximum atomic E-state index is 12.5. The van der Waals surface area contributed by atoms with Gasteiger partial charge in [0, 0.05) is 23.7 Å². The zero-order valence-electron chi connectivity index (χ0n) is 16.1. The fourth-order valence-corrected chi connectivity index (χ4v) is 3.85. The first-order chi connectivity index (χ1) is 13.6. The molecule has 1 saturated heterocycles. The number of hydrogen-bond donors (Lipinski definition) is 2. The summed E-state index contributed by atoms with van der Waals surface area (Å²) in [7, 11) is 0. The lowest BCUT2D eigenvalue weighted by molar-refractivity contribution is 0.0515. The molecule has 8 heteroatoms. The Morgan fingerprint density at radius 2 is 1.96 bits per heavy atom. The summed E-state index contributed by atoms with van der Waals surface area (Å²) in [6, 6.07) is 5.41. The molecule has 2 atom stereocenters. The smallest absolute Gasteiger partial charge is 0.148 e. The molecule has 2 aromatic rings. The zero-order chi connectivity index (χ0) is 20.1. The van der Waals surface area contributed by atoms with Crippen molar-refractivity contribution in [3.63, 3.8) is 0 Å². The molecule has 28 heavy (non-hydrogen) atoms. The molecule has 2 heterocycles. The number of nitrogens with one attached hydrogen (secondary N) is 2. The van der Waals surface area contributed by atoms with Crippen LogP contribution in [0.25, 0.3) is 11.3 Å². The number of rotatable bonds is 8. The van der Waals surface area contributed by atoms with Gasteiger partial charge in [0.2, 0.25) is 0 Å². The monoisotopic (exact) mass is 426 g/mol. The maximum Gasteiger partial charge on any atom is 0.148 e. The molecule has 1 aromatic heterocycles. The number of anilines is 1. The van der Waals surface area contributed by atoms with Crippen LogP contribution in [-0.4, -0.2) is 48.5 Å². The Kier molecular flexibility index (Phi) is 7.46. The third kappa shape index (κ3) is 4.74. The van der Waals surface area contributed by atoms with E-state index in [1.54, 1.807) is 12.1 Å². The third-order valence-electron chi connectivity index (χ3n) is 4.79. The van der Waals surface area contributed by atoms with E-state index < -0.39 is 6.67 Å². The van der Waals surface area contributed by atoms with Crippen molar-refractivity contribution in [1.29, 1.82) is 0 Å². The average Bonchev–Trinajstić information content (AvgIpc) is 3.13. The minimum atomic E-state index is -0.486. The molecule has 0 saturated carbocycles. The Labute approximate surface area is 175 Å². The van der Waals surface area contributed by atoms with Gasteiger partial charge >= 0.3 is 0 Å². The van der Waals surface area contributed by atoms with Crippen LogP contribution in [0.3, 0.4) is 0 Å². The zero-order valence-corrected chi connectivity index (χ0v) is 17.6. The van der Waals surface area contributed by atoms with Crippen LogP contribution in [0.15, 0.2) is 18.2 Å². The average molecular weight is 427 g/mol. The fourth-order valence-electron chi connectivity index (χ4n) is 3.36. The first-order valence-corrected chi connectivity index (χ1v) is 10.3. The maximum absolute atomic E-state index is 12.5. The Morgan fingerprint density at radius 1 is 1.18 bits per heavy atom. The fraction of sp³-hybridized carbons (Fsp3) is 0.500. The Morgan fingerprint density at radius 3 is 2.64 bits per heavy atom. The van der Waals surface area contributed by atoms with Crippen molar-refractivity contribution in [3.8, 4) is 11.3 Å². The second kappa shape index (κ2) is 9.83. The summed E-state index contributed by atoms with van der Waals surface area (Å²) in [5.41, 5.74) is 3.31. The van der Waals surface area contributed by atoms with Crippen molar-refractivity contribution in [1.82, 2.24) is 15.3 Å². The molecule has 0 unspecified atom stereocenters. The summed E-state index contributed by atoms with van der Waals surface area (Å²) < 4.78 is 18.1. The molecular weight excluding hydrogens is 402 g/mol. The minimum absolute atomic E-state index is 0.0147. The lowest BCUT2D eigenvalue weighted by Gasteiger charge is -2.22. The Balaban J connectivity index is 1.93. The molecule has 0 bridgehead atoms. The van der Waals surface area contributed by atoms with E-state index in [2.05, 4.69) is 10.6 Å². The van der Waals surface area contributed by atoms with Gasteiger partial charge in [-0.25, -0.2) is 14.4 Å². The topological polar surface area (TPSA) is 59.1 Å². The van der Waals surface area contributed by atoms with Crippen LogP contribution in [0, 0.1) is 0 Å². The van der Waals surface area contributed by atoms with Crippen LogP contribution in [0.4, 0.5) is 10.2 Å². The molecule has 1 aliphatic heterocycles. The van der Waals surface area contributed by atoms with Gasteiger partial charge in [0.05, 0.1) is 40.9 Å². The Bertz CT molecular complexity index is 821. The predicted octanol–water partition coefficient (Wildman–Crippen LogP) is 4.31. The van der Waals surface area contributed by atoms with E-state index in [9.17, 15) is 4.39 Å². The molecule has 0 spiro atoms. The van der Waals surface area contributed by atoms with Crippen LogP contribution >= 0.6 is 23.2 Å². The highest BCUT2D eigenvalue weighted by Gasteiger charge is 2.29. The molecule has 0 amide bonds. The van der Waals surface area contributed by atoms with E-state index in [-0.39, 0.29) is 18.8 Å². The summed E-state index contributed by atoms with van der Waals surface area (Å²) in [6.45, 7) is 5.11. The van der Waals surface area contributed by atoms with Gasteiger partial charge < -0.3 is 15.4 Å². The van der Waals surface area contributed by atoms with Gasteiger partial charge in [-0.2, -0.15) is 0 Å². The SMILES string of the molecule is CCc1nc(-c2ccc(Cl)cc2Cl)c(CC)nc1N[C@@H]1CNC[C@H]1OCCF. The summed E-state index contributed by atoms with van der Waals surface area (Å²) >= 11 is 12.4. The third-order valence-corrected chi connectivity index (χ3v) is 5.33. The van der Waals surface area contributed by atoms with Crippen LogP contribution < -0.4 is 10.6 Å². The molecule has 2 N–H and O–H groups in total. The molecule has 1 aliphatic rings. The van der Waals surface area contributed by atoms with E-state index in [1.807, 2.05) is 19.9 Å². The predicted molar refractivity (Wildman–Crippen MR) is 112 cm³/mol. The van der Waals surface area contributed by atoms with E-state index in [1.165, 1.54) is 0 Å². The van der Waals surface area contributed by atoms with Gasteiger partial charge in [-0.3, -0.25) is 0 Å². The van der Waals surface area contributed by atoms with Gasteiger partial charge in [-0.1, -0.05) is 37.0 Å². The highest BCUT2D eigenvalue weighted by Crippen LogP contribution is 2.32. The lowest BCUT2D eigenvalue weighted by atomic mass is 10.1. The summed E-state index contributed by atoms with van der Waals surface area (Å²) in [5.74, 6) is 0.746. The van der Waals surface area contributed by atoms with E-state index in [4.69, 9.17) is 37.9 Å². The number of halogens is 3. The van der Waals surface area contributed by atoms with Gasteiger partial charge in [-0.15, -0.1) is 0 Å². The van der Waals surface area contributed by atoms with Crippen LogP contribution in [-0.2, 0) is 17.6 Å². The van der Waals surface area contributed by atoms with Gasteiger partial charge in [-0.05, 0) is 31.0 Å². The number of nitrogens with zero attached hydrogens (tertiary/aromatic N) is 2. The van der Waals surface area contributed by atoms with Crippen molar-refractivity contribution in [2.75, 3.05) is 31.7 Å². The lowest BCUT2D eigenvalue weighted by Crippen LogP contribution is -2.35. The van der Waals surface area contributed by atoms with Gasteiger partial charge in [0.1, 0.15) is 12.5 Å². The molecule has 0 aliphatic carbocycles. The largest absolute Gasteiger partial charge is 0.372 e. The Hall–Kier alpha value is -1.47. The number of hydrogen-bond acceptors (Lipinski definition) is 5. The molecule has 152 valence electrons. The summed E-state index contributed by atoms with van der Waals surface area (Å²) in [6.07, 6.45) is 1.33. The van der Waals surface area contributed by atoms with Gasteiger partial charge in [0.25, 0.3) is 0 Å². The normalized spacial score (nSPS) is 19.2. The highest BCUT2D eigenvalue weighted by molar-refractivity contribution is 6.36. The summed E-state index contributed by atoms with van der Waals surface area (Å²) in [5, 5.41) is 7.88. The number of aromatic nitrogens is 2. The molecule has 1 fully saturated rings. The molecule has 0 radical (unpaired) electrons. The first kappa shape index (κ1) is 21.2. The van der Waals surface area contributed by atoms with Crippen LogP contribution in [0.1, 0.15) is 25.2 Å². The molecule has 3 rings (SSSR count). The second-order valence-corrected chi connectivity index (χ2v) is 7.50. The number of alkyl halides is 1. The number of ether oxygens (including phenoxy) is 1. The van der Waals surface area contributed by atoms with E-state index in [0.717, 1.165) is 35.0 Å². The van der Waals surface area contributed by atoms with Crippen molar-refractivity contribution in [2.24, 2.45) is 0 Å². The quantitative estimate of drug-likeness (QED) is 0.658. The van der Waals surface area contributed by atoms with Crippen LogP contribution in [0.2, 0.25) is 10.0 Å². The van der Waals surface area contributed by atoms with Crippen molar-refractivity contribution >= 4 is 29.0 Å². The molecule has 1 aromatic carbocycles. The van der Waals surface area contributed by atoms with Gasteiger partial charge in [0.15, 0.2) is 0 Å². The van der Waals surface area contributed by atoms with E-state index in [0.29, 0.717) is 29.4 Å². The first-order valence-electron chi connectivity index (χ1n) is 9.57. The number of benzene rings is 1. The van der Waals surface area contributed by atoms with E-state index >= 15 is 0 Å². The molecular formula is C20H25Cl2FN4O. The summed E-state index contributed by atoms with van der Waals surface area (Å²) in [4.78, 5) is 9.74. The minimum Gasteiger partial charge on any atom is -0.372 e. The standard InChI is InChI=1S/C20H25Cl2FN4O/c1-3-15-19(13-6-5-12(21)9-14(13)22)25-16(4-2)20(26-15)27-17-10-24-11-18(17)28-8-7-23/h5-6,9,17-18,24H,3-4,7-8,10-11H2,1-2H3,(H,26,27)/t17-,18-/m1/s1. The number of aryl methyl sites for hydroxylation is 2. The second-order valence-electron chi connectivity index (χ2n) is 6.65. The highest BCUT2D eigenvalue weighted by atomic mass is 35.5.